The van der Waals surface area contributed by atoms with Crippen LogP contribution in [0.3, 0.4) is 0 Å². The fourth-order valence-corrected chi connectivity index (χ4v) is 2.98. The SMILES string of the molecule is O=C(O)CSC/C=C/c1cccc(OCc2ccc3ccccc3n2)c1. The van der Waals surface area contributed by atoms with Gasteiger partial charge in [-0.05, 0) is 29.8 Å². The summed E-state index contributed by atoms with van der Waals surface area (Å²) in [6.07, 6.45) is 3.92. The number of pyridine rings is 1. The number of hydrogen-bond donors (Lipinski definition) is 1. The topological polar surface area (TPSA) is 59.4 Å². The van der Waals surface area contributed by atoms with Gasteiger partial charge in [0.2, 0.25) is 0 Å². The predicted octanol–water partition coefficient (Wildman–Crippen LogP) is 4.64. The van der Waals surface area contributed by atoms with Crippen LogP contribution in [0.1, 0.15) is 11.3 Å². The highest BCUT2D eigenvalue weighted by Gasteiger charge is 2.00. The maximum absolute atomic E-state index is 10.5. The summed E-state index contributed by atoms with van der Waals surface area (Å²) in [5, 5.41) is 9.73. The fourth-order valence-electron chi connectivity index (χ4n) is 2.45. The normalized spacial score (nSPS) is 11.1. The predicted molar refractivity (Wildman–Crippen MR) is 107 cm³/mol. The van der Waals surface area contributed by atoms with Gasteiger partial charge in [0.1, 0.15) is 12.4 Å². The van der Waals surface area contributed by atoms with E-state index in [4.69, 9.17) is 9.84 Å². The number of rotatable bonds is 8. The van der Waals surface area contributed by atoms with Crippen molar-refractivity contribution in [3.05, 3.63) is 78.0 Å². The van der Waals surface area contributed by atoms with Gasteiger partial charge < -0.3 is 9.84 Å². The third kappa shape index (κ3) is 5.36. The maximum Gasteiger partial charge on any atom is 0.313 e. The van der Waals surface area contributed by atoms with Crippen LogP contribution in [0.25, 0.3) is 17.0 Å². The van der Waals surface area contributed by atoms with Gasteiger partial charge in [-0.2, -0.15) is 0 Å². The Bertz CT molecular complexity index is 924. The molecule has 5 heteroatoms. The van der Waals surface area contributed by atoms with Crippen molar-refractivity contribution in [3.63, 3.8) is 0 Å². The van der Waals surface area contributed by atoms with E-state index in [9.17, 15) is 4.79 Å². The number of carbonyl (C=O) groups is 1. The van der Waals surface area contributed by atoms with Crippen molar-refractivity contribution >= 4 is 34.7 Å². The third-order valence-corrected chi connectivity index (χ3v) is 4.53. The Hall–Kier alpha value is -2.79. The van der Waals surface area contributed by atoms with E-state index in [1.54, 1.807) is 0 Å². The van der Waals surface area contributed by atoms with Gasteiger partial charge in [-0.1, -0.05) is 48.6 Å². The first-order chi connectivity index (χ1) is 12.7. The number of para-hydroxylation sites is 1. The molecule has 26 heavy (non-hydrogen) atoms. The largest absolute Gasteiger partial charge is 0.487 e. The molecule has 0 aliphatic heterocycles. The highest BCUT2D eigenvalue weighted by atomic mass is 32.2. The van der Waals surface area contributed by atoms with Crippen molar-refractivity contribution in [2.75, 3.05) is 11.5 Å². The number of fused-ring (bicyclic) bond motifs is 1. The molecule has 132 valence electrons. The van der Waals surface area contributed by atoms with E-state index in [0.717, 1.165) is 27.9 Å². The Morgan fingerprint density at radius 1 is 1.12 bits per heavy atom. The van der Waals surface area contributed by atoms with Crippen molar-refractivity contribution in [1.82, 2.24) is 4.98 Å². The van der Waals surface area contributed by atoms with Gasteiger partial charge in [-0.25, -0.2) is 4.98 Å². The second kappa shape index (κ2) is 9.06. The molecule has 0 unspecified atom stereocenters. The molecule has 0 radical (unpaired) electrons. The van der Waals surface area contributed by atoms with Crippen LogP contribution in [-0.2, 0) is 11.4 Å². The lowest BCUT2D eigenvalue weighted by molar-refractivity contribution is -0.133. The van der Waals surface area contributed by atoms with Crippen LogP contribution in [0.5, 0.6) is 5.75 Å². The highest BCUT2D eigenvalue weighted by molar-refractivity contribution is 8.00. The molecule has 0 fully saturated rings. The van der Waals surface area contributed by atoms with Gasteiger partial charge in [0.15, 0.2) is 0 Å². The molecular formula is C21H19NO3S. The van der Waals surface area contributed by atoms with Crippen LogP contribution in [0.4, 0.5) is 0 Å². The average Bonchev–Trinajstić information content (AvgIpc) is 2.66. The summed E-state index contributed by atoms with van der Waals surface area (Å²) in [5.74, 6) is 0.770. The molecule has 3 rings (SSSR count). The van der Waals surface area contributed by atoms with Crippen LogP contribution in [0.2, 0.25) is 0 Å². The summed E-state index contributed by atoms with van der Waals surface area (Å²) in [7, 11) is 0. The minimum Gasteiger partial charge on any atom is -0.487 e. The van der Waals surface area contributed by atoms with E-state index >= 15 is 0 Å². The number of thioether (sulfide) groups is 1. The fraction of sp³-hybridized carbons (Fsp3) is 0.143. The van der Waals surface area contributed by atoms with Crippen LogP contribution in [0.15, 0.2) is 66.7 Å². The van der Waals surface area contributed by atoms with Crippen molar-refractivity contribution in [1.29, 1.82) is 0 Å². The number of nitrogens with zero attached hydrogens (tertiary/aromatic N) is 1. The first kappa shape index (κ1) is 18.0. The van der Waals surface area contributed by atoms with Crippen molar-refractivity contribution in [3.8, 4) is 5.75 Å². The minimum absolute atomic E-state index is 0.117. The van der Waals surface area contributed by atoms with Gasteiger partial charge >= 0.3 is 5.97 Å². The summed E-state index contributed by atoms with van der Waals surface area (Å²) in [6, 6.07) is 19.8. The van der Waals surface area contributed by atoms with E-state index in [1.165, 1.54) is 11.8 Å². The third-order valence-electron chi connectivity index (χ3n) is 3.65. The number of benzene rings is 2. The standard InChI is InChI=1S/C21H19NO3S/c23-21(24)15-26-12-4-6-16-5-3-8-19(13-16)25-14-18-11-10-17-7-1-2-9-20(17)22-18/h1-11,13H,12,14-15H2,(H,23,24)/b6-4+. The molecule has 0 bridgehead atoms. The lowest BCUT2D eigenvalue weighted by Gasteiger charge is -2.07. The monoisotopic (exact) mass is 365 g/mol. The van der Waals surface area contributed by atoms with Crippen LogP contribution < -0.4 is 4.74 Å². The molecule has 1 aromatic heterocycles. The van der Waals surface area contributed by atoms with Crippen LogP contribution in [0, 0.1) is 0 Å². The van der Waals surface area contributed by atoms with Gasteiger partial charge in [-0.15, -0.1) is 11.8 Å². The number of carboxylic acids is 1. The molecule has 2 aromatic carbocycles. The molecular weight excluding hydrogens is 346 g/mol. The van der Waals surface area contributed by atoms with Gasteiger partial charge in [0.25, 0.3) is 0 Å². The number of aliphatic carboxylic acids is 1. The average molecular weight is 365 g/mol. The molecule has 0 aliphatic rings. The maximum atomic E-state index is 10.5. The second-order valence-corrected chi connectivity index (χ2v) is 6.70. The molecule has 0 aliphatic carbocycles. The van der Waals surface area contributed by atoms with Crippen molar-refractivity contribution in [2.24, 2.45) is 0 Å². The van der Waals surface area contributed by atoms with E-state index in [0.29, 0.717) is 12.4 Å². The number of carboxylic acid groups (broad SMARTS) is 1. The number of aromatic nitrogens is 1. The van der Waals surface area contributed by atoms with Gasteiger partial charge in [0, 0.05) is 11.1 Å². The highest BCUT2D eigenvalue weighted by Crippen LogP contribution is 2.17. The Labute approximate surface area is 156 Å². The number of hydrogen-bond acceptors (Lipinski definition) is 4. The van der Waals surface area contributed by atoms with E-state index in [-0.39, 0.29) is 5.75 Å². The summed E-state index contributed by atoms with van der Waals surface area (Å²) in [6.45, 7) is 0.409. The Morgan fingerprint density at radius 2 is 2.00 bits per heavy atom. The smallest absolute Gasteiger partial charge is 0.313 e. The Kier molecular flexibility index (Phi) is 6.28. The van der Waals surface area contributed by atoms with Gasteiger partial charge in [0.05, 0.1) is 17.0 Å². The van der Waals surface area contributed by atoms with Crippen LogP contribution in [-0.4, -0.2) is 27.6 Å². The zero-order chi connectivity index (χ0) is 18.2. The molecule has 4 nitrogen and oxygen atoms in total. The Morgan fingerprint density at radius 3 is 2.88 bits per heavy atom. The second-order valence-electron chi connectivity index (χ2n) is 5.67. The van der Waals surface area contributed by atoms with E-state index < -0.39 is 5.97 Å². The molecule has 0 amide bonds. The summed E-state index contributed by atoms with van der Waals surface area (Å²) < 4.78 is 5.86. The molecule has 0 spiro atoms. The molecule has 3 aromatic rings. The summed E-state index contributed by atoms with van der Waals surface area (Å²) in [4.78, 5) is 15.1. The van der Waals surface area contributed by atoms with E-state index in [1.807, 2.05) is 66.7 Å². The molecule has 0 saturated heterocycles. The first-order valence-corrected chi connectivity index (χ1v) is 9.40. The summed E-state index contributed by atoms with van der Waals surface area (Å²) in [5.41, 5.74) is 2.86. The minimum atomic E-state index is -0.791. The van der Waals surface area contributed by atoms with Crippen LogP contribution >= 0.6 is 11.8 Å². The zero-order valence-corrected chi connectivity index (χ0v) is 15.0. The summed E-state index contributed by atoms with van der Waals surface area (Å²) >= 11 is 1.37. The molecule has 0 saturated carbocycles. The molecule has 1 heterocycles. The first-order valence-electron chi connectivity index (χ1n) is 8.24. The zero-order valence-electron chi connectivity index (χ0n) is 14.2. The van der Waals surface area contributed by atoms with E-state index in [2.05, 4.69) is 11.1 Å². The lowest BCUT2D eigenvalue weighted by Crippen LogP contribution is -1.98. The quantitative estimate of drug-likeness (QED) is 0.589. The molecule has 1 N–H and O–H groups in total. The number of ether oxygens (including phenoxy) is 1. The Balaban J connectivity index is 1.57. The molecule has 0 atom stereocenters. The van der Waals surface area contributed by atoms with Crippen molar-refractivity contribution < 1.29 is 14.6 Å². The van der Waals surface area contributed by atoms with Gasteiger partial charge in [-0.3, -0.25) is 4.79 Å². The van der Waals surface area contributed by atoms with Crippen molar-refractivity contribution in [2.45, 2.75) is 6.61 Å². The lowest BCUT2D eigenvalue weighted by atomic mass is 10.2.